The first-order valence-electron chi connectivity index (χ1n) is 8.26. The Balaban J connectivity index is 1.80. The van der Waals surface area contributed by atoms with Crippen molar-refractivity contribution in [3.63, 3.8) is 0 Å². The van der Waals surface area contributed by atoms with Gasteiger partial charge in [-0.15, -0.1) is 0 Å². The van der Waals surface area contributed by atoms with Crippen LogP contribution in [0.2, 0.25) is 0 Å². The minimum atomic E-state index is -0.477. The number of aliphatic hydroxyl groups excluding tert-OH is 1. The van der Waals surface area contributed by atoms with Gasteiger partial charge >= 0.3 is 0 Å². The summed E-state index contributed by atoms with van der Waals surface area (Å²) in [6, 6.07) is 0. The molecule has 1 saturated carbocycles. The van der Waals surface area contributed by atoms with E-state index in [-0.39, 0.29) is 12.2 Å². The van der Waals surface area contributed by atoms with Gasteiger partial charge in [0.1, 0.15) is 0 Å². The summed E-state index contributed by atoms with van der Waals surface area (Å²) in [6.07, 6.45) is 6.47. The molecule has 1 aliphatic heterocycles. The van der Waals surface area contributed by atoms with Crippen LogP contribution in [0.25, 0.3) is 0 Å². The van der Waals surface area contributed by atoms with Crippen molar-refractivity contribution in [2.75, 3.05) is 19.8 Å². The largest absolute Gasteiger partial charge is 0.390 e. The van der Waals surface area contributed by atoms with Crippen LogP contribution >= 0.6 is 0 Å². The lowest BCUT2D eigenvalue weighted by Gasteiger charge is -2.39. The lowest BCUT2D eigenvalue weighted by molar-refractivity contribution is -0.223. The van der Waals surface area contributed by atoms with E-state index in [9.17, 15) is 5.11 Å². The van der Waals surface area contributed by atoms with Crippen molar-refractivity contribution in [2.45, 2.75) is 76.8 Å². The van der Waals surface area contributed by atoms with E-state index >= 15 is 0 Å². The molecule has 3 unspecified atom stereocenters. The first kappa shape index (κ1) is 16.2. The molecule has 0 aromatic rings. The molecule has 3 atom stereocenters. The van der Waals surface area contributed by atoms with Crippen LogP contribution in [0.15, 0.2) is 0 Å². The number of unbranched alkanes of at least 4 members (excludes halogenated alkanes) is 1. The molecule has 4 heteroatoms. The van der Waals surface area contributed by atoms with E-state index in [1.165, 1.54) is 19.3 Å². The van der Waals surface area contributed by atoms with Crippen molar-refractivity contribution in [1.82, 2.24) is 0 Å². The van der Waals surface area contributed by atoms with Crippen molar-refractivity contribution < 1.29 is 19.3 Å². The van der Waals surface area contributed by atoms with E-state index in [1.807, 2.05) is 0 Å². The second-order valence-electron chi connectivity index (χ2n) is 6.21. The van der Waals surface area contributed by atoms with Crippen LogP contribution in [-0.4, -0.2) is 42.9 Å². The maximum absolute atomic E-state index is 10.1. The molecule has 0 radical (unpaired) electrons. The molecule has 0 aromatic carbocycles. The Labute approximate surface area is 122 Å². The fraction of sp³-hybridized carbons (Fsp3) is 1.00. The van der Waals surface area contributed by atoms with Crippen molar-refractivity contribution in [3.05, 3.63) is 0 Å². The molecular formula is C16H30O4. The summed E-state index contributed by atoms with van der Waals surface area (Å²) in [7, 11) is 0. The van der Waals surface area contributed by atoms with E-state index in [0.29, 0.717) is 32.0 Å². The summed E-state index contributed by atoms with van der Waals surface area (Å²) in [4.78, 5) is 0. The Bertz CT molecular complexity index is 276. The van der Waals surface area contributed by atoms with Gasteiger partial charge in [-0.2, -0.15) is 0 Å². The third kappa shape index (κ3) is 4.17. The maximum atomic E-state index is 10.1. The normalized spacial score (nSPS) is 30.8. The van der Waals surface area contributed by atoms with Gasteiger partial charge in [0, 0.05) is 19.4 Å². The zero-order chi connectivity index (χ0) is 14.4. The Kier molecular flexibility index (Phi) is 6.27. The molecule has 118 valence electrons. The molecule has 20 heavy (non-hydrogen) atoms. The second kappa shape index (κ2) is 7.74. The molecule has 0 aromatic heterocycles. The molecule has 0 bridgehead atoms. The minimum Gasteiger partial charge on any atom is -0.390 e. The van der Waals surface area contributed by atoms with Crippen LogP contribution in [-0.2, 0) is 14.2 Å². The van der Waals surface area contributed by atoms with Gasteiger partial charge in [-0.1, -0.05) is 33.1 Å². The number of ether oxygens (including phenoxy) is 3. The molecule has 1 spiro atoms. The highest BCUT2D eigenvalue weighted by Gasteiger charge is 2.45. The van der Waals surface area contributed by atoms with Crippen LogP contribution in [0, 0.1) is 5.92 Å². The molecule has 2 fully saturated rings. The van der Waals surface area contributed by atoms with E-state index < -0.39 is 5.79 Å². The second-order valence-corrected chi connectivity index (χ2v) is 6.21. The van der Waals surface area contributed by atoms with Crippen molar-refractivity contribution in [1.29, 1.82) is 0 Å². The molecule has 2 rings (SSSR count). The highest BCUT2D eigenvalue weighted by molar-refractivity contribution is 4.89. The van der Waals surface area contributed by atoms with Crippen LogP contribution in [0.4, 0.5) is 0 Å². The summed E-state index contributed by atoms with van der Waals surface area (Å²) < 4.78 is 17.5. The van der Waals surface area contributed by atoms with E-state index in [0.717, 1.165) is 19.4 Å². The zero-order valence-corrected chi connectivity index (χ0v) is 13.0. The highest BCUT2D eigenvalue weighted by Crippen LogP contribution is 2.37. The fourth-order valence-electron chi connectivity index (χ4n) is 3.19. The summed E-state index contributed by atoms with van der Waals surface area (Å²) in [5, 5.41) is 10.1. The number of aliphatic hydroxyl groups is 1. The Morgan fingerprint density at radius 3 is 2.70 bits per heavy atom. The number of hydrogen-bond acceptors (Lipinski definition) is 4. The van der Waals surface area contributed by atoms with Crippen molar-refractivity contribution >= 4 is 0 Å². The predicted molar refractivity (Wildman–Crippen MR) is 77.5 cm³/mol. The van der Waals surface area contributed by atoms with Gasteiger partial charge in [0.2, 0.25) is 0 Å². The predicted octanol–water partition coefficient (Wildman–Crippen LogP) is 2.88. The first-order chi connectivity index (χ1) is 9.69. The van der Waals surface area contributed by atoms with E-state index in [2.05, 4.69) is 13.8 Å². The summed E-state index contributed by atoms with van der Waals surface area (Å²) in [6.45, 7) is 6.50. The van der Waals surface area contributed by atoms with E-state index in [4.69, 9.17) is 14.2 Å². The van der Waals surface area contributed by atoms with Gasteiger partial charge in [0.25, 0.3) is 0 Å². The zero-order valence-electron chi connectivity index (χ0n) is 13.0. The van der Waals surface area contributed by atoms with Crippen molar-refractivity contribution in [2.24, 2.45) is 5.92 Å². The Morgan fingerprint density at radius 2 is 2.05 bits per heavy atom. The van der Waals surface area contributed by atoms with Gasteiger partial charge in [-0.3, -0.25) is 0 Å². The lowest BCUT2D eigenvalue weighted by atomic mass is 9.89. The molecular weight excluding hydrogens is 256 g/mol. The third-order valence-electron chi connectivity index (χ3n) is 4.67. The summed E-state index contributed by atoms with van der Waals surface area (Å²) in [5.74, 6) is 0.125. The highest BCUT2D eigenvalue weighted by atomic mass is 16.7. The Morgan fingerprint density at radius 1 is 1.30 bits per heavy atom. The van der Waals surface area contributed by atoms with Crippen LogP contribution in [0.3, 0.4) is 0 Å². The summed E-state index contributed by atoms with van der Waals surface area (Å²) in [5.41, 5.74) is 0. The lowest BCUT2D eigenvalue weighted by Crippen LogP contribution is -2.46. The monoisotopic (exact) mass is 286 g/mol. The first-order valence-corrected chi connectivity index (χ1v) is 8.26. The van der Waals surface area contributed by atoms with Gasteiger partial charge < -0.3 is 19.3 Å². The topological polar surface area (TPSA) is 47.9 Å². The van der Waals surface area contributed by atoms with Crippen molar-refractivity contribution in [3.8, 4) is 0 Å². The maximum Gasteiger partial charge on any atom is 0.171 e. The summed E-state index contributed by atoms with van der Waals surface area (Å²) >= 11 is 0. The fourth-order valence-corrected chi connectivity index (χ4v) is 3.19. The van der Waals surface area contributed by atoms with Crippen LogP contribution in [0.5, 0.6) is 0 Å². The van der Waals surface area contributed by atoms with Gasteiger partial charge in [0.15, 0.2) is 5.79 Å². The van der Waals surface area contributed by atoms with Gasteiger partial charge in [-0.05, 0) is 18.8 Å². The van der Waals surface area contributed by atoms with Gasteiger partial charge in [0.05, 0.1) is 25.4 Å². The quantitative estimate of drug-likeness (QED) is 0.782. The SMILES string of the molecule is CCCCC(CC)COC1CC2(CCC1O)OCCO2. The van der Waals surface area contributed by atoms with E-state index in [1.54, 1.807) is 0 Å². The molecule has 1 saturated heterocycles. The standard InChI is InChI=1S/C16H30O4/c1-3-5-6-13(4-2)12-18-15-11-16(8-7-14(15)17)19-9-10-20-16/h13-15,17H,3-12H2,1-2H3. The number of hydrogen-bond donors (Lipinski definition) is 1. The Hall–Kier alpha value is -0.160. The smallest absolute Gasteiger partial charge is 0.171 e. The molecule has 0 amide bonds. The number of rotatable bonds is 7. The van der Waals surface area contributed by atoms with Crippen LogP contribution < -0.4 is 0 Å². The minimum absolute atomic E-state index is 0.141. The molecule has 2 aliphatic rings. The molecule has 1 N–H and O–H groups in total. The molecule has 1 aliphatic carbocycles. The third-order valence-corrected chi connectivity index (χ3v) is 4.67. The molecule has 1 heterocycles. The van der Waals surface area contributed by atoms with Crippen LogP contribution in [0.1, 0.15) is 58.8 Å². The van der Waals surface area contributed by atoms with Gasteiger partial charge in [-0.25, -0.2) is 0 Å². The molecule has 4 nitrogen and oxygen atoms in total. The average Bonchev–Trinajstić information content (AvgIpc) is 2.91. The average molecular weight is 286 g/mol.